The van der Waals surface area contributed by atoms with Crippen molar-refractivity contribution in [2.24, 2.45) is 0 Å². The topological polar surface area (TPSA) is 33.1 Å². The first kappa shape index (κ1) is 15.9. The van der Waals surface area contributed by atoms with Crippen LogP contribution in [0, 0.1) is 17.9 Å². The molecule has 1 aromatic heterocycles. The molecule has 3 heteroatoms. The summed E-state index contributed by atoms with van der Waals surface area (Å²) in [6.07, 6.45) is 0. The van der Waals surface area contributed by atoms with Crippen LogP contribution in [-0.2, 0) is 0 Å². The SMILES string of the molecule is [C-]#[N+]c1cccc2c1c1c(C#N)cccc1n2-c1ccc(C(C)C)cc1. The molecule has 0 radical (unpaired) electrons. The maximum atomic E-state index is 9.60. The van der Waals surface area contributed by atoms with Gasteiger partial charge in [0.1, 0.15) is 0 Å². The largest absolute Gasteiger partial charge is 0.311 e. The molecule has 124 valence electrons. The summed E-state index contributed by atoms with van der Waals surface area (Å²) < 4.78 is 2.14. The van der Waals surface area contributed by atoms with Crippen LogP contribution >= 0.6 is 0 Å². The number of nitrogens with zero attached hydrogens (tertiary/aromatic N) is 3. The van der Waals surface area contributed by atoms with Crippen molar-refractivity contribution in [3.8, 4) is 11.8 Å². The zero-order valence-corrected chi connectivity index (χ0v) is 14.7. The molecular formula is C23H17N3. The number of hydrogen-bond acceptors (Lipinski definition) is 1. The van der Waals surface area contributed by atoms with Gasteiger partial charge in [-0.2, -0.15) is 5.26 Å². The van der Waals surface area contributed by atoms with Crippen LogP contribution in [0.5, 0.6) is 0 Å². The van der Waals surface area contributed by atoms with Crippen molar-refractivity contribution in [1.82, 2.24) is 4.57 Å². The normalized spacial score (nSPS) is 11.0. The third-order valence-electron chi connectivity index (χ3n) is 4.85. The number of rotatable bonds is 2. The van der Waals surface area contributed by atoms with Crippen molar-refractivity contribution in [1.29, 1.82) is 5.26 Å². The summed E-state index contributed by atoms with van der Waals surface area (Å²) in [6, 6.07) is 22.3. The van der Waals surface area contributed by atoms with Crippen molar-refractivity contribution < 1.29 is 0 Å². The van der Waals surface area contributed by atoms with E-state index in [1.807, 2.05) is 36.4 Å². The molecular weight excluding hydrogens is 318 g/mol. The lowest BCUT2D eigenvalue weighted by Crippen LogP contribution is -1.95. The standard InChI is InChI=1S/C23H17N3/c1-15(2)16-10-12-18(13-11-16)26-20-8-4-6-17(14-24)22(20)23-19(25-3)7-5-9-21(23)26/h4-13,15H,1-2H3. The van der Waals surface area contributed by atoms with E-state index in [1.165, 1.54) is 5.56 Å². The van der Waals surface area contributed by atoms with Crippen LogP contribution in [0.2, 0.25) is 0 Å². The summed E-state index contributed by atoms with van der Waals surface area (Å²) in [7, 11) is 0. The first-order valence-corrected chi connectivity index (χ1v) is 8.59. The Morgan fingerprint density at radius 1 is 0.923 bits per heavy atom. The van der Waals surface area contributed by atoms with Gasteiger partial charge in [-0.25, -0.2) is 4.85 Å². The first-order valence-electron chi connectivity index (χ1n) is 8.59. The summed E-state index contributed by atoms with van der Waals surface area (Å²) in [6.45, 7) is 11.9. The lowest BCUT2D eigenvalue weighted by atomic mass is 10.0. The predicted octanol–water partition coefficient (Wildman–Crippen LogP) is 6.33. The van der Waals surface area contributed by atoms with Crippen molar-refractivity contribution >= 4 is 27.5 Å². The second kappa shape index (κ2) is 6.06. The minimum Gasteiger partial charge on any atom is -0.311 e. The molecule has 0 N–H and O–H groups in total. The van der Waals surface area contributed by atoms with Gasteiger partial charge in [-0.05, 0) is 41.8 Å². The van der Waals surface area contributed by atoms with E-state index in [2.05, 4.69) is 53.6 Å². The fourth-order valence-corrected chi connectivity index (χ4v) is 3.56. The average Bonchev–Trinajstić information content (AvgIpc) is 3.02. The third-order valence-corrected chi connectivity index (χ3v) is 4.85. The molecule has 3 aromatic carbocycles. The van der Waals surface area contributed by atoms with E-state index >= 15 is 0 Å². The van der Waals surface area contributed by atoms with Crippen LogP contribution in [0.1, 0.15) is 30.9 Å². The lowest BCUT2D eigenvalue weighted by molar-refractivity contribution is 0.866. The number of aromatic nitrogens is 1. The van der Waals surface area contributed by atoms with Crippen molar-refractivity contribution in [3.63, 3.8) is 0 Å². The van der Waals surface area contributed by atoms with Gasteiger partial charge in [-0.1, -0.05) is 44.2 Å². The van der Waals surface area contributed by atoms with Crippen LogP contribution in [0.25, 0.3) is 32.3 Å². The number of nitriles is 1. The zero-order chi connectivity index (χ0) is 18.3. The molecule has 0 fully saturated rings. The fraction of sp³-hybridized carbons (Fsp3) is 0.130. The van der Waals surface area contributed by atoms with Crippen molar-refractivity contribution in [2.45, 2.75) is 19.8 Å². The molecule has 0 saturated heterocycles. The van der Waals surface area contributed by atoms with Crippen LogP contribution in [0.3, 0.4) is 0 Å². The van der Waals surface area contributed by atoms with E-state index in [0.29, 0.717) is 17.2 Å². The molecule has 3 nitrogen and oxygen atoms in total. The minimum absolute atomic E-state index is 0.473. The average molecular weight is 335 g/mol. The number of fused-ring (bicyclic) bond motifs is 3. The highest BCUT2D eigenvalue weighted by Gasteiger charge is 2.17. The summed E-state index contributed by atoms with van der Waals surface area (Å²) in [5, 5.41) is 11.3. The first-order chi connectivity index (χ1) is 12.7. The Morgan fingerprint density at radius 2 is 1.58 bits per heavy atom. The van der Waals surface area contributed by atoms with E-state index in [0.717, 1.165) is 27.5 Å². The molecule has 26 heavy (non-hydrogen) atoms. The third kappa shape index (κ3) is 2.26. The molecule has 0 saturated carbocycles. The van der Waals surface area contributed by atoms with E-state index < -0.39 is 0 Å². The quantitative estimate of drug-likeness (QED) is 0.394. The molecule has 0 aliphatic rings. The van der Waals surface area contributed by atoms with Gasteiger partial charge in [0, 0.05) is 22.0 Å². The molecule has 0 spiro atoms. The van der Waals surface area contributed by atoms with Gasteiger partial charge in [0.05, 0.1) is 23.7 Å². The molecule has 0 aliphatic carbocycles. The molecule has 0 unspecified atom stereocenters. The summed E-state index contributed by atoms with van der Waals surface area (Å²) in [5.74, 6) is 0.473. The Labute approximate surface area is 152 Å². The Bertz CT molecular complexity index is 1140. The number of hydrogen-bond donors (Lipinski definition) is 0. The summed E-state index contributed by atoms with van der Waals surface area (Å²) in [5.41, 5.74) is 5.40. The highest BCUT2D eigenvalue weighted by molar-refractivity contribution is 6.17. The van der Waals surface area contributed by atoms with E-state index in [1.54, 1.807) is 0 Å². The smallest absolute Gasteiger partial charge is 0.197 e. The van der Waals surface area contributed by atoms with Crippen LogP contribution < -0.4 is 0 Å². The van der Waals surface area contributed by atoms with Crippen LogP contribution in [0.4, 0.5) is 5.69 Å². The van der Waals surface area contributed by atoms with Crippen LogP contribution in [0.15, 0.2) is 60.7 Å². The van der Waals surface area contributed by atoms with E-state index in [-0.39, 0.29) is 0 Å². The highest BCUT2D eigenvalue weighted by Crippen LogP contribution is 2.39. The molecule has 0 bridgehead atoms. The number of benzene rings is 3. The second-order valence-electron chi connectivity index (χ2n) is 6.68. The van der Waals surface area contributed by atoms with Crippen molar-refractivity contribution in [2.75, 3.05) is 0 Å². The molecule has 1 heterocycles. The van der Waals surface area contributed by atoms with Crippen LogP contribution in [-0.4, -0.2) is 4.57 Å². The minimum atomic E-state index is 0.473. The zero-order valence-electron chi connectivity index (χ0n) is 14.7. The Hall–Kier alpha value is -3.56. The van der Waals surface area contributed by atoms with E-state index in [4.69, 9.17) is 6.57 Å². The Kier molecular flexibility index (Phi) is 3.72. The molecule has 4 rings (SSSR count). The van der Waals surface area contributed by atoms with Gasteiger partial charge in [0.15, 0.2) is 5.69 Å². The Balaban J connectivity index is 2.15. The monoisotopic (exact) mass is 335 g/mol. The lowest BCUT2D eigenvalue weighted by Gasteiger charge is -2.10. The molecule has 4 aromatic rings. The fourth-order valence-electron chi connectivity index (χ4n) is 3.56. The van der Waals surface area contributed by atoms with Gasteiger partial charge in [0.2, 0.25) is 0 Å². The van der Waals surface area contributed by atoms with Gasteiger partial charge in [0.25, 0.3) is 0 Å². The molecule has 0 atom stereocenters. The molecule has 0 aliphatic heterocycles. The van der Waals surface area contributed by atoms with Gasteiger partial charge < -0.3 is 4.57 Å². The van der Waals surface area contributed by atoms with Crippen molar-refractivity contribution in [3.05, 3.63) is 83.2 Å². The summed E-state index contributed by atoms with van der Waals surface area (Å²) in [4.78, 5) is 3.70. The second-order valence-corrected chi connectivity index (χ2v) is 6.68. The molecule has 0 amide bonds. The van der Waals surface area contributed by atoms with Gasteiger partial charge in [-0.3, -0.25) is 0 Å². The van der Waals surface area contributed by atoms with Gasteiger partial charge in [-0.15, -0.1) is 0 Å². The maximum Gasteiger partial charge on any atom is 0.197 e. The Morgan fingerprint density at radius 3 is 2.19 bits per heavy atom. The summed E-state index contributed by atoms with van der Waals surface area (Å²) >= 11 is 0. The maximum absolute atomic E-state index is 9.60. The van der Waals surface area contributed by atoms with Gasteiger partial charge >= 0.3 is 0 Å². The predicted molar refractivity (Wildman–Crippen MR) is 106 cm³/mol. The highest BCUT2D eigenvalue weighted by atomic mass is 15.0. The van der Waals surface area contributed by atoms with E-state index in [9.17, 15) is 5.26 Å².